The number of carbonyl (C=O) groups excluding carboxylic acids is 1. The van der Waals surface area contributed by atoms with E-state index in [0.717, 1.165) is 30.0 Å². The van der Waals surface area contributed by atoms with Crippen LogP contribution in [-0.4, -0.2) is 23.7 Å². The quantitative estimate of drug-likeness (QED) is 0.900. The highest BCUT2D eigenvalue weighted by Crippen LogP contribution is 2.25. The second-order valence-electron chi connectivity index (χ2n) is 5.52. The van der Waals surface area contributed by atoms with Gasteiger partial charge in [0.2, 0.25) is 0 Å². The maximum absolute atomic E-state index is 12.3. The van der Waals surface area contributed by atoms with Crippen molar-refractivity contribution in [3.8, 4) is 0 Å². The molecule has 2 unspecified atom stereocenters. The topological polar surface area (TPSA) is 49.3 Å². The Kier molecular flexibility index (Phi) is 3.70. The summed E-state index contributed by atoms with van der Waals surface area (Å²) in [4.78, 5) is 12.3. The molecule has 1 saturated carbocycles. The van der Waals surface area contributed by atoms with Crippen molar-refractivity contribution in [1.82, 2.24) is 5.32 Å². The van der Waals surface area contributed by atoms with Gasteiger partial charge in [-0.25, -0.2) is 0 Å². The Balaban J connectivity index is 1.78. The first-order valence-corrected chi connectivity index (χ1v) is 7.18. The van der Waals surface area contributed by atoms with Crippen molar-refractivity contribution >= 4 is 16.7 Å². The second kappa shape index (κ2) is 5.63. The van der Waals surface area contributed by atoms with Crippen molar-refractivity contribution in [3.63, 3.8) is 0 Å². The minimum absolute atomic E-state index is 0.0406. The van der Waals surface area contributed by atoms with E-state index < -0.39 is 0 Å². The molecule has 3 nitrogen and oxygen atoms in total. The number of nitrogens with one attached hydrogen (secondary N) is 1. The number of fused-ring (bicyclic) bond motifs is 1. The van der Waals surface area contributed by atoms with Crippen molar-refractivity contribution in [1.29, 1.82) is 0 Å². The van der Waals surface area contributed by atoms with Crippen molar-refractivity contribution in [2.24, 2.45) is 5.92 Å². The molecule has 2 aromatic rings. The molecule has 2 N–H and O–H groups in total. The molecular formula is C17H19NO2. The van der Waals surface area contributed by atoms with Gasteiger partial charge in [-0.1, -0.05) is 36.8 Å². The Morgan fingerprint density at radius 1 is 1.15 bits per heavy atom. The maximum Gasteiger partial charge on any atom is 0.251 e. The fraction of sp³-hybridized carbons (Fsp3) is 0.353. The third kappa shape index (κ3) is 2.54. The van der Waals surface area contributed by atoms with E-state index in [1.807, 2.05) is 42.5 Å². The third-order valence-corrected chi connectivity index (χ3v) is 4.22. The van der Waals surface area contributed by atoms with Crippen LogP contribution in [0, 0.1) is 5.92 Å². The summed E-state index contributed by atoms with van der Waals surface area (Å²) >= 11 is 0. The molecule has 3 rings (SSSR count). The molecule has 2 aromatic carbocycles. The first-order chi connectivity index (χ1) is 9.78. The predicted molar refractivity (Wildman–Crippen MR) is 79.6 cm³/mol. The SMILES string of the molecule is O=C(NC1CCCC1CO)c1ccc2ccccc2c1. The van der Waals surface area contributed by atoms with Gasteiger partial charge in [-0.15, -0.1) is 0 Å². The molecule has 20 heavy (non-hydrogen) atoms. The number of carbonyl (C=O) groups is 1. The van der Waals surface area contributed by atoms with E-state index in [2.05, 4.69) is 5.32 Å². The van der Waals surface area contributed by atoms with Gasteiger partial charge in [0.1, 0.15) is 0 Å². The summed E-state index contributed by atoms with van der Waals surface area (Å²) in [6.07, 6.45) is 3.04. The van der Waals surface area contributed by atoms with E-state index >= 15 is 0 Å². The average molecular weight is 269 g/mol. The number of amides is 1. The number of rotatable bonds is 3. The largest absolute Gasteiger partial charge is 0.396 e. The summed E-state index contributed by atoms with van der Waals surface area (Å²) in [6.45, 7) is 0.155. The zero-order chi connectivity index (χ0) is 13.9. The van der Waals surface area contributed by atoms with Gasteiger partial charge < -0.3 is 10.4 Å². The molecular weight excluding hydrogens is 250 g/mol. The van der Waals surface area contributed by atoms with Gasteiger partial charge >= 0.3 is 0 Å². The summed E-state index contributed by atoms with van der Waals surface area (Å²) in [6, 6.07) is 13.9. The van der Waals surface area contributed by atoms with Gasteiger partial charge in [0.15, 0.2) is 0 Å². The van der Waals surface area contributed by atoms with Crippen LogP contribution in [0.1, 0.15) is 29.6 Å². The maximum atomic E-state index is 12.3. The van der Waals surface area contributed by atoms with E-state index in [-0.39, 0.29) is 24.5 Å². The van der Waals surface area contributed by atoms with Crippen molar-refractivity contribution < 1.29 is 9.90 Å². The van der Waals surface area contributed by atoms with Crippen LogP contribution < -0.4 is 5.32 Å². The van der Waals surface area contributed by atoms with Gasteiger partial charge in [-0.3, -0.25) is 4.79 Å². The van der Waals surface area contributed by atoms with Gasteiger partial charge in [-0.05, 0) is 35.7 Å². The van der Waals surface area contributed by atoms with Crippen LogP contribution in [0.4, 0.5) is 0 Å². The number of hydrogen-bond acceptors (Lipinski definition) is 2. The Morgan fingerprint density at radius 2 is 1.95 bits per heavy atom. The van der Waals surface area contributed by atoms with E-state index in [9.17, 15) is 9.90 Å². The number of aliphatic hydroxyl groups is 1. The highest BCUT2D eigenvalue weighted by atomic mass is 16.3. The molecule has 0 heterocycles. The van der Waals surface area contributed by atoms with Crippen LogP contribution in [0.2, 0.25) is 0 Å². The molecule has 2 atom stereocenters. The van der Waals surface area contributed by atoms with E-state index in [1.165, 1.54) is 0 Å². The minimum atomic E-state index is -0.0406. The Labute approximate surface area is 118 Å². The van der Waals surface area contributed by atoms with Crippen LogP contribution >= 0.6 is 0 Å². The molecule has 0 bridgehead atoms. The van der Waals surface area contributed by atoms with Crippen molar-refractivity contribution in [2.45, 2.75) is 25.3 Å². The van der Waals surface area contributed by atoms with Crippen LogP contribution in [0.25, 0.3) is 10.8 Å². The zero-order valence-corrected chi connectivity index (χ0v) is 11.4. The third-order valence-electron chi connectivity index (χ3n) is 4.22. The Morgan fingerprint density at radius 3 is 2.75 bits per heavy atom. The number of benzene rings is 2. The van der Waals surface area contributed by atoms with Crippen LogP contribution in [0.3, 0.4) is 0 Å². The van der Waals surface area contributed by atoms with E-state index in [4.69, 9.17) is 0 Å². The fourth-order valence-corrected chi connectivity index (χ4v) is 3.03. The molecule has 1 fully saturated rings. The van der Waals surface area contributed by atoms with Crippen molar-refractivity contribution in [3.05, 3.63) is 48.0 Å². The molecule has 0 aliphatic heterocycles. The lowest BCUT2D eigenvalue weighted by molar-refractivity contribution is 0.0916. The standard InChI is InChI=1S/C17H19NO2/c19-11-15-6-3-7-16(15)18-17(20)14-9-8-12-4-1-2-5-13(12)10-14/h1-2,4-5,8-10,15-16,19H,3,6-7,11H2,(H,18,20). The highest BCUT2D eigenvalue weighted by molar-refractivity contribution is 5.98. The molecule has 3 heteroatoms. The number of aliphatic hydroxyl groups excluding tert-OH is 1. The van der Waals surface area contributed by atoms with Crippen LogP contribution in [0.15, 0.2) is 42.5 Å². The smallest absolute Gasteiger partial charge is 0.251 e. The van der Waals surface area contributed by atoms with Gasteiger partial charge in [0, 0.05) is 24.1 Å². The molecule has 0 saturated heterocycles. The summed E-state index contributed by atoms with van der Waals surface area (Å²) in [7, 11) is 0. The van der Waals surface area contributed by atoms with Gasteiger partial charge in [0.05, 0.1) is 0 Å². The molecule has 1 aliphatic carbocycles. The Hall–Kier alpha value is -1.87. The lowest BCUT2D eigenvalue weighted by Crippen LogP contribution is -2.38. The van der Waals surface area contributed by atoms with Gasteiger partial charge in [-0.2, -0.15) is 0 Å². The highest BCUT2D eigenvalue weighted by Gasteiger charge is 2.28. The number of hydrogen-bond donors (Lipinski definition) is 2. The first-order valence-electron chi connectivity index (χ1n) is 7.18. The minimum Gasteiger partial charge on any atom is -0.396 e. The summed E-state index contributed by atoms with van der Waals surface area (Å²) in [5.41, 5.74) is 0.687. The summed E-state index contributed by atoms with van der Waals surface area (Å²) in [5.74, 6) is 0.167. The van der Waals surface area contributed by atoms with Gasteiger partial charge in [0.25, 0.3) is 5.91 Å². The Bertz CT molecular complexity index is 623. The van der Waals surface area contributed by atoms with Crippen LogP contribution in [0.5, 0.6) is 0 Å². The average Bonchev–Trinajstić information content (AvgIpc) is 2.94. The molecule has 1 aliphatic rings. The monoisotopic (exact) mass is 269 g/mol. The predicted octanol–water partition coefficient (Wildman–Crippen LogP) is 2.73. The lowest BCUT2D eigenvalue weighted by atomic mass is 10.0. The van der Waals surface area contributed by atoms with E-state index in [0.29, 0.717) is 5.56 Å². The van der Waals surface area contributed by atoms with Crippen LogP contribution in [-0.2, 0) is 0 Å². The molecule has 0 spiro atoms. The molecule has 1 amide bonds. The summed E-state index contributed by atoms with van der Waals surface area (Å²) < 4.78 is 0. The summed E-state index contributed by atoms with van der Waals surface area (Å²) in [5, 5.41) is 14.6. The zero-order valence-electron chi connectivity index (χ0n) is 11.4. The molecule has 0 radical (unpaired) electrons. The molecule has 0 aromatic heterocycles. The van der Waals surface area contributed by atoms with E-state index in [1.54, 1.807) is 0 Å². The van der Waals surface area contributed by atoms with Crippen molar-refractivity contribution in [2.75, 3.05) is 6.61 Å². The lowest BCUT2D eigenvalue weighted by Gasteiger charge is -2.19. The molecule has 104 valence electrons. The second-order valence-corrected chi connectivity index (χ2v) is 5.52. The normalized spacial score (nSPS) is 22.1. The first kappa shape index (κ1) is 13.1. The fourth-order valence-electron chi connectivity index (χ4n) is 3.03.